The minimum absolute atomic E-state index is 0.340. The number of nitrogens with one attached hydrogen (secondary N) is 2. The van der Waals surface area contributed by atoms with Crippen molar-refractivity contribution in [2.75, 3.05) is 0 Å². The van der Waals surface area contributed by atoms with E-state index in [2.05, 4.69) is 41.3 Å². The zero-order valence-corrected chi connectivity index (χ0v) is 12.0. The van der Waals surface area contributed by atoms with Crippen LogP contribution in [-0.4, -0.2) is 16.0 Å². The van der Waals surface area contributed by atoms with Gasteiger partial charge in [0.15, 0.2) is 0 Å². The van der Waals surface area contributed by atoms with E-state index in [1.807, 2.05) is 12.1 Å². The molecule has 2 aromatic carbocycles. The lowest BCUT2D eigenvalue weighted by Gasteiger charge is -2.07. The second-order valence-corrected chi connectivity index (χ2v) is 5.86. The fourth-order valence-corrected chi connectivity index (χ4v) is 3.23. The van der Waals surface area contributed by atoms with Crippen LogP contribution in [0.15, 0.2) is 30.3 Å². The average Bonchev–Trinajstić information content (AvgIpc) is 3.12. The summed E-state index contributed by atoms with van der Waals surface area (Å²) in [6, 6.07) is 11.2. The third-order valence-corrected chi connectivity index (χ3v) is 4.36. The first-order valence-corrected chi connectivity index (χ1v) is 7.39. The monoisotopic (exact) mass is 275 g/mol. The van der Waals surface area contributed by atoms with E-state index < -0.39 is 0 Å². The lowest BCUT2D eigenvalue weighted by atomic mass is 10.1. The van der Waals surface area contributed by atoms with Crippen molar-refractivity contribution in [2.24, 2.45) is 0 Å². The first kappa shape index (κ1) is 12.4. The van der Waals surface area contributed by atoms with Gasteiger partial charge in [-0.25, -0.2) is 4.98 Å². The van der Waals surface area contributed by atoms with Crippen molar-refractivity contribution in [3.8, 4) is 12.3 Å². The molecule has 0 saturated carbocycles. The van der Waals surface area contributed by atoms with Crippen molar-refractivity contribution in [3.05, 3.63) is 41.7 Å². The summed E-state index contributed by atoms with van der Waals surface area (Å²) >= 11 is 0. The predicted octanol–water partition coefficient (Wildman–Crippen LogP) is 3.51. The number of nitrogens with zero attached hydrogens (tertiary/aromatic N) is 1. The standard InChI is InChI=1S/C18H17N3/c1-3-12-5-7-14-13(10-12)6-9-15-17(14)21-18(20-15)16-8-4-11(2)19-16/h1,5-7,9-11,16,19H,4,8H2,2H3,(H,20,21)/t11-,16-/m0/s1. The minimum Gasteiger partial charge on any atom is -0.340 e. The van der Waals surface area contributed by atoms with Gasteiger partial charge in [-0.3, -0.25) is 0 Å². The number of aromatic nitrogens is 2. The van der Waals surface area contributed by atoms with Crippen molar-refractivity contribution >= 4 is 21.8 Å². The molecule has 1 saturated heterocycles. The first-order valence-electron chi connectivity index (χ1n) is 7.39. The molecule has 2 N–H and O–H groups in total. The summed E-state index contributed by atoms with van der Waals surface area (Å²) in [5.41, 5.74) is 3.03. The van der Waals surface area contributed by atoms with Crippen LogP contribution in [0.3, 0.4) is 0 Å². The number of hydrogen-bond donors (Lipinski definition) is 2. The average molecular weight is 275 g/mol. The van der Waals surface area contributed by atoms with Gasteiger partial charge < -0.3 is 10.3 Å². The zero-order chi connectivity index (χ0) is 14.4. The van der Waals surface area contributed by atoms with Crippen LogP contribution in [0.5, 0.6) is 0 Å². The molecule has 0 unspecified atom stereocenters. The van der Waals surface area contributed by atoms with Crippen LogP contribution in [0.1, 0.15) is 37.2 Å². The molecule has 0 bridgehead atoms. The number of terminal acetylenes is 1. The van der Waals surface area contributed by atoms with Crippen LogP contribution in [0.4, 0.5) is 0 Å². The number of hydrogen-bond acceptors (Lipinski definition) is 2. The number of imidazole rings is 1. The second-order valence-electron chi connectivity index (χ2n) is 5.86. The lowest BCUT2D eigenvalue weighted by molar-refractivity contribution is 0.565. The summed E-state index contributed by atoms with van der Waals surface area (Å²) in [6.45, 7) is 2.22. The fraction of sp³-hybridized carbons (Fsp3) is 0.278. The minimum atomic E-state index is 0.340. The molecule has 2 heterocycles. The Morgan fingerprint density at radius 2 is 2.14 bits per heavy atom. The number of rotatable bonds is 1. The Balaban J connectivity index is 1.87. The quantitative estimate of drug-likeness (QED) is 0.667. The molecule has 21 heavy (non-hydrogen) atoms. The van der Waals surface area contributed by atoms with Crippen molar-refractivity contribution in [1.82, 2.24) is 15.3 Å². The molecular weight excluding hydrogens is 258 g/mol. The van der Waals surface area contributed by atoms with Crippen LogP contribution >= 0.6 is 0 Å². The highest BCUT2D eigenvalue weighted by Gasteiger charge is 2.24. The Labute approximate surface area is 123 Å². The largest absolute Gasteiger partial charge is 0.340 e. The molecule has 3 nitrogen and oxygen atoms in total. The van der Waals surface area contributed by atoms with Gasteiger partial charge in [-0.05, 0) is 43.4 Å². The highest BCUT2D eigenvalue weighted by atomic mass is 15.1. The van der Waals surface area contributed by atoms with Gasteiger partial charge in [0.05, 0.1) is 17.1 Å². The normalized spacial score (nSPS) is 21.9. The Kier molecular flexibility index (Phi) is 2.73. The third kappa shape index (κ3) is 2.00. The van der Waals surface area contributed by atoms with E-state index in [9.17, 15) is 0 Å². The molecule has 1 fully saturated rings. The topological polar surface area (TPSA) is 40.7 Å². The van der Waals surface area contributed by atoms with Gasteiger partial charge >= 0.3 is 0 Å². The number of aromatic amines is 1. The van der Waals surface area contributed by atoms with Gasteiger partial charge in [-0.2, -0.15) is 0 Å². The maximum atomic E-state index is 5.47. The van der Waals surface area contributed by atoms with Gasteiger partial charge in [0.25, 0.3) is 0 Å². The summed E-state index contributed by atoms with van der Waals surface area (Å²) in [4.78, 5) is 8.28. The first-order chi connectivity index (χ1) is 10.2. The van der Waals surface area contributed by atoms with Crippen molar-refractivity contribution in [3.63, 3.8) is 0 Å². The van der Waals surface area contributed by atoms with Crippen LogP contribution in [0, 0.1) is 12.3 Å². The molecule has 3 heteroatoms. The van der Waals surface area contributed by atoms with Gasteiger partial charge in [-0.1, -0.05) is 18.1 Å². The molecule has 0 radical (unpaired) electrons. The van der Waals surface area contributed by atoms with E-state index in [0.29, 0.717) is 12.1 Å². The number of benzene rings is 2. The van der Waals surface area contributed by atoms with E-state index in [1.165, 1.54) is 11.8 Å². The Morgan fingerprint density at radius 1 is 1.24 bits per heavy atom. The summed E-state index contributed by atoms with van der Waals surface area (Å²) < 4.78 is 0. The molecule has 0 aliphatic carbocycles. The Morgan fingerprint density at radius 3 is 2.90 bits per heavy atom. The van der Waals surface area contributed by atoms with Crippen molar-refractivity contribution in [1.29, 1.82) is 0 Å². The molecule has 1 aliphatic heterocycles. The zero-order valence-electron chi connectivity index (χ0n) is 12.0. The van der Waals surface area contributed by atoms with E-state index in [1.54, 1.807) is 0 Å². The van der Waals surface area contributed by atoms with Gasteiger partial charge in [0.2, 0.25) is 0 Å². The molecule has 1 aromatic heterocycles. The van der Waals surface area contributed by atoms with Crippen molar-refractivity contribution in [2.45, 2.75) is 31.8 Å². The molecule has 4 rings (SSSR count). The molecule has 3 aromatic rings. The van der Waals surface area contributed by atoms with Crippen molar-refractivity contribution < 1.29 is 0 Å². The fourth-order valence-electron chi connectivity index (χ4n) is 3.23. The van der Waals surface area contributed by atoms with Crippen LogP contribution in [0.2, 0.25) is 0 Å². The predicted molar refractivity (Wildman–Crippen MR) is 86.1 cm³/mol. The van der Waals surface area contributed by atoms with E-state index in [4.69, 9.17) is 11.4 Å². The van der Waals surface area contributed by atoms with Gasteiger partial charge in [0.1, 0.15) is 5.82 Å². The maximum Gasteiger partial charge on any atom is 0.124 e. The molecule has 2 atom stereocenters. The van der Waals surface area contributed by atoms with Crippen LogP contribution in [0.25, 0.3) is 21.8 Å². The number of fused-ring (bicyclic) bond motifs is 3. The SMILES string of the molecule is C#Cc1ccc2c(ccc3nc([C@@H]4CC[C@H](C)N4)[nH]c32)c1. The summed E-state index contributed by atoms with van der Waals surface area (Å²) in [7, 11) is 0. The van der Waals surface area contributed by atoms with Gasteiger partial charge in [-0.15, -0.1) is 6.42 Å². The second kappa shape index (κ2) is 4.61. The molecular formula is C18H17N3. The highest BCUT2D eigenvalue weighted by molar-refractivity contribution is 6.04. The summed E-state index contributed by atoms with van der Waals surface area (Å²) in [5, 5.41) is 5.91. The number of H-pyrrole nitrogens is 1. The highest BCUT2D eigenvalue weighted by Crippen LogP contribution is 2.29. The van der Waals surface area contributed by atoms with E-state index in [0.717, 1.165) is 34.2 Å². The smallest absolute Gasteiger partial charge is 0.124 e. The van der Waals surface area contributed by atoms with Crippen LogP contribution < -0.4 is 5.32 Å². The maximum absolute atomic E-state index is 5.47. The Bertz CT molecular complexity index is 869. The molecule has 1 aliphatic rings. The lowest BCUT2D eigenvalue weighted by Crippen LogP contribution is -2.21. The molecule has 0 spiro atoms. The van der Waals surface area contributed by atoms with E-state index >= 15 is 0 Å². The van der Waals surface area contributed by atoms with Gasteiger partial charge in [0, 0.05) is 17.0 Å². The Hall–Kier alpha value is -2.31. The van der Waals surface area contributed by atoms with E-state index in [-0.39, 0.29) is 0 Å². The third-order valence-electron chi connectivity index (χ3n) is 4.36. The summed E-state index contributed by atoms with van der Waals surface area (Å²) in [5.74, 6) is 3.73. The summed E-state index contributed by atoms with van der Waals surface area (Å²) in [6.07, 6.45) is 7.82. The molecule has 0 amide bonds. The molecule has 104 valence electrons. The van der Waals surface area contributed by atoms with Crippen LogP contribution in [-0.2, 0) is 0 Å².